The molecule has 1 saturated heterocycles. The average Bonchev–Trinajstić information content (AvgIpc) is 3.50. The normalized spacial score (nSPS) is 24.0. The standard InChI is InChI=1S/C30H38N4O7/c1-16(2)9-22(34-28(38)23-11-19-20(32-23)5-4-6-25(19)40-3)27(37)33-21(10-18-7-8-31-26(18)36)24(35)15-41-29(39)30-12-17(13-30)14-30/h4-6,11,16-18,21-22,32H,7-10,12-15H2,1-3H3,(H,31,36)(H,33,37)(H,34,38)/t17?,18-,21-,22-,30?/m0/s1. The van der Waals surface area contributed by atoms with Crippen LogP contribution in [0.3, 0.4) is 0 Å². The van der Waals surface area contributed by atoms with Crippen molar-refractivity contribution >= 4 is 40.4 Å². The molecule has 4 fully saturated rings. The first-order valence-corrected chi connectivity index (χ1v) is 14.3. The Bertz CT molecular complexity index is 1350. The lowest BCUT2D eigenvalue weighted by atomic mass is 9.44. The van der Waals surface area contributed by atoms with E-state index in [-0.39, 0.29) is 29.9 Å². The highest BCUT2D eigenvalue weighted by Gasteiger charge is 2.62. The maximum atomic E-state index is 13.5. The summed E-state index contributed by atoms with van der Waals surface area (Å²) in [7, 11) is 1.55. The van der Waals surface area contributed by atoms with Crippen LogP contribution < -0.4 is 20.7 Å². The summed E-state index contributed by atoms with van der Waals surface area (Å²) in [5.74, 6) is -1.23. The summed E-state index contributed by atoms with van der Waals surface area (Å²) in [6, 6.07) is 5.11. The number of aromatic nitrogens is 1. The lowest BCUT2D eigenvalue weighted by molar-refractivity contribution is -0.191. The fraction of sp³-hybridized carbons (Fsp3) is 0.567. The second kappa shape index (κ2) is 11.5. The van der Waals surface area contributed by atoms with Gasteiger partial charge in [0.15, 0.2) is 12.4 Å². The smallest absolute Gasteiger partial charge is 0.312 e. The molecule has 11 heteroatoms. The van der Waals surface area contributed by atoms with Crippen LogP contribution in [0.5, 0.6) is 5.75 Å². The molecule has 3 amide bonds. The number of nitrogens with one attached hydrogen (secondary N) is 4. The molecule has 3 atom stereocenters. The highest BCUT2D eigenvalue weighted by Crippen LogP contribution is 2.64. The minimum atomic E-state index is -1.04. The van der Waals surface area contributed by atoms with Crippen molar-refractivity contribution in [2.24, 2.45) is 23.2 Å². The molecule has 41 heavy (non-hydrogen) atoms. The number of H-pyrrole nitrogens is 1. The number of hydrogen-bond donors (Lipinski definition) is 4. The zero-order chi connectivity index (χ0) is 29.3. The van der Waals surface area contributed by atoms with E-state index in [1.165, 1.54) is 0 Å². The van der Waals surface area contributed by atoms with Gasteiger partial charge >= 0.3 is 5.97 Å². The molecule has 1 aromatic carbocycles. The molecule has 0 radical (unpaired) electrons. The number of rotatable bonds is 13. The third-order valence-electron chi connectivity index (χ3n) is 8.62. The van der Waals surface area contributed by atoms with Crippen LogP contribution in [0.15, 0.2) is 24.3 Å². The van der Waals surface area contributed by atoms with E-state index in [1.807, 2.05) is 26.0 Å². The summed E-state index contributed by atoms with van der Waals surface area (Å²) in [4.78, 5) is 67.9. The number of methoxy groups -OCH3 is 1. The number of ether oxygens (including phenoxy) is 2. The highest BCUT2D eigenvalue weighted by molar-refractivity contribution is 6.02. The molecule has 11 nitrogen and oxygen atoms in total. The zero-order valence-corrected chi connectivity index (χ0v) is 23.7. The minimum absolute atomic E-state index is 0.0533. The van der Waals surface area contributed by atoms with Crippen molar-refractivity contribution in [1.29, 1.82) is 0 Å². The van der Waals surface area contributed by atoms with Gasteiger partial charge in [-0.25, -0.2) is 0 Å². The van der Waals surface area contributed by atoms with Crippen LogP contribution in [0.4, 0.5) is 0 Å². The predicted molar refractivity (Wildman–Crippen MR) is 149 cm³/mol. The molecule has 0 unspecified atom stereocenters. The van der Waals surface area contributed by atoms with Crippen molar-refractivity contribution in [3.63, 3.8) is 0 Å². The van der Waals surface area contributed by atoms with Gasteiger partial charge in [-0.2, -0.15) is 0 Å². The van der Waals surface area contributed by atoms with Crippen LogP contribution in [-0.4, -0.2) is 66.8 Å². The van der Waals surface area contributed by atoms with E-state index in [0.717, 1.165) is 24.6 Å². The van der Waals surface area contributed by atoms with Gasteiger partial charge in [0.1, 0.15) is 17.5 Å². The van der Waals surface area contributed by atoms with Crippen LogP contribution in [0.2, 0.25) is 0 Å². The van der Waals surface area contributed by atoms with Gasteiger partial charge in [-0.3, -0.25) is 24.0 Å². The summed E-state index contributed by atoms with van der Waals surface area (Å²) < 4.78 is 10.8. The first-order valence-electron chi connectivity index (χ1n) is 14.3. The van der Waals surface area contributed by atoms with E-state index in [2.05, 4.69) is 20.9 Å². The monoisotopic (exact) mass is 566 g/mol. The van der Waals surface area contributed by atoms with E-state index >= 15 is 0 Å². The number of Topliss-reactive ketones (excluding diaryl/α,β-unsaturated/α-hetero) is 1. The van der Waals surface area contributed by atoms with E-state index < -0.39 is 47.6 Å². The summed E-state index contributed by atoms with van der Waals surface area (Å²) >= 11 is 0. The zero-order valence-electron chi connectivity index (χ0n) is 23.7. The number of esters is 1. The number of carbonyl (C=O) groups excluding carboxylic acids is 5. The molecular formula is C30H38N4O7. The van der Waals surface area contributed by atoms with Crippen LogP contribution >= 0.6 is 0 Å². The molecule has 2 heterocycles. The molecule has 1 aliphatic heterocycles. The van der Waals surface area contributed by atoms with Crippen molar-refractivity contribution in [1.82, 2.24) is 20.9 Å². The molecule has 3 aliphatic carbocycles. The van der Waals surface area contributed by atoms with Crippen molar-refractivity contribution in [2.75, 3.05) is 20.3 Å². The molecule has 4 N–H and O–H groups in total. The first-order chi connectivity index (χ1) is 19.6. The molecule has 6 rings (SSSR count). The first kappa shape index (κ1) is 28.6. The van der Waals surface area contributed by atoms with Crippen molar-refractivity contribution in [3.05, 3.63) is 30.0 Å². The quantitative estimate of drug-likeness (QED) is 0.271. The Morgan fingerprint density at radius 1 is 1.10 bits per heavy atom. The van der Waals surface area contributed by atoms with Crippen LogP contribution in [0.25, 0.3) is 10.9 Å². The Kier molecular flexibility index (Phi) is 8.06. The number of ketones is 1. The lowest BCUT2D eigenvalue weighted by Gasteiger charge is -2.59. The van der Waals surface area contributed by atoms with Gasteiger partial charge in [0.2, 0.25) is 11.8 Å². The number of benzene rings is 1. The largest absolute Gasteiger partial charge is 0.496 e. The fourth-order valence-corrected chi connectivity index (χ4v) is 6.18. The lowest BCUT2D eigenvalue weighted by Crippen LogP contribution is -2.58. The van der Waals surface area contributed by atoms with Crippen molar-refractivity contribution in [3.8, 4) is 5.75 Å². The Morgan fingerprint density at radius 3 is 2.46 bits per heavy atom. The molecule has 1 aromatic heterocycles. The van der Waals surface area contributed by atoms with Gasteiger partial charge < -0.3 is 30.4 Å². The molecule has 3 saturated carbocycles. The second-order valence-corrected chi connectivity index (χ2v) is 12.1. The summed E-state index contributed by atoms with van der Waals surface area (Å²) in [6.45, 7) is 3.88. The topological polar surface area (TPSA) is 156 Å². The van der Waals surface area contributed by atoms with Crippen LogP contribution in [-0.2, 0) is 23.9 Å². The number of fused-ring (bicyclic) bond motifs is 1. The Morgan fingerprint density at radius 2 is 1.85 bits per heavy atom. The van der Waals surface area contributed by atoms with Crippen molar-refractivity contribution in [2.45, 2.75) is 64.5 Å². The number of hydrogen-bond acceptors (Lipinski definition) is 7. The maximum Gasteiger partial charge on any atom is 0.312 e. The maximum absolute atomic E-state index is 13.5. The molecule has 2 aromatic rings. The van der Waals surface area contributed by atoms with Gasteiger partial charge in [-0.15, -0.1) is 0 Å². The molecular weight excluding hydrogens is 528 g/mol. The summed E-state index contributed by atoms with van der Waals surface area (Å²) in [6.07, 6.45) is 3.38. The van der Waals surface area contributed by atoms with Crippen LogP contribution in [0.1, 0.15) is 62.9 Å². The van der Waals surface area contributed by atoms with Gasteiger partial charge in [-0.1, -0.05) is 19.9 Å². The SMILES string of the molecule is COc1cccc2[nH]c(C(=O)N[C@@H](CC(C)C)C(=O)N[C@@H](C[C@@H]3CCNC3=O)C(=O)COC(=O)C34CC(C3)C4)cc12. The third kappa shape index (κ3) is 5.94. The molecule has 2 bridgehead atoms. The predicted octanol–water partition coefficient (Wildman–Crippen LogP) is 2.24. The van der Waals surface area contributed by atoms with E-state index in [1.54, 1.807) is 19.2 Å². The van der Waals surface area contributed by atoms with Gasteiger partial charge in [0.25, 0.3) is 5.91 Å². The Hall–Kier alpha value is -3.89. The number of carbonyl (C=O) groups is 5. The molecule has 220 valence electrons. The summed E-state index contributed by atoms with van der Waals surface area (Å²) in [5, 5.41) is 9.06. The van der Waals surface area contributed by atoms with E-state index in [0.29, 0.717) is 36.6 Å². The summed E-state index contributed by atoms with van der Waals surface area (Å²) in [5.41, 5.74) is 0.545. The third-order valence-corrected chi connectivity index (χ3v) is 8.62. The number of aromatic amines is 1. The van der Waals surface area contributed by atoms with E-state index in [4.69, 9.17) is 9.47 Å². The Labute approximate surface area is 238 Å². The van der Waals surface area contributed by atoms with Crippen LogP contribution in [0, 0.1) is 23.2 Å². The second-order valence-electron chi connectivity index (χ2n) is 12.1. The molecule has 0 spiro atoms. The van der Waals surface area contributed by atoms with Gasteiger partial charge in [-0.05, 0) is 68.6 Å². The molecule has 4 aliphatic rings. The fourth-order valence-electron chi connectivity index (χ4n) is 6.18. The average molecular weight is 567 g/mol. The van der Waals surface area contributed by atoms with Crippen molar-refractivity contribution < 1.29 is 33.4 Å². The Balaban J connectivity index is 1.28. The highest BCUT2D eigenvalue weighted by atomic mass is 16.5. The minimum Gasteiger partial charge on any atom is -0.496 e. The van der Waals surface area contributed by atoms with Gasteiger partial charge in [0, 0.05) is 23.4 Å². The van der Waals surface area contributed by atoms with Gasteiger partial charge in [0.05, 0.1) is 18.6 Å². The number of amides is 3. The van der Waals surface area contributed by atoms with E-state index in [9.17, 15) is 24.0 Å².